The molecule has 0 fully saturated rings. The van der Waals surface area contributed by atoms with Crippen LogP contribution in [0.1, 0.15) is 23.7 Å². The van der Waals surface area contributed by atoms with Crippen LogP contribution < -0.4 is 10.6 Å². The minimum atomic E-state index is -0.419. The number of carbonyl (C=O) groups excluding carboxylic acids is 1. The van der Waals surface area contributed by atoms with Gasteiger partial charge in [0.05, 0.1) is 0 Å². The van der Waals surface area contributed by atoms with Gasteiger partial charge in [0.25, 0.3) is 5.91 Å². The van der Waals surface area contributed by atoms with Crippen LogP contribution in [0.3, 0.4) is 0 Å². The summed E-state index contributed by atoms with van der Waals surface area (Å²) in [7, 11) is 0. The summed E-state index contributed by atoms with van der Waals surface area (Å²) in [4.78, 5) is 11.8. The maximum Gasteiger partial charge on any atom is 0.251 e. The van der Waals surface area contributed by atoms with E-state index in [0.717, 1.165) is 19.5 Å². The zero-order valence-corrected chi connectivity index (χ0v) is 10.7. The molecule has 0 heterocycles. The molecule has 0 saturated heterocycles. The summed E-state index contributed by atoms with van der Waals surface area (Å²) < 4.78 is 12.9. The number of amides is 1. The quantitative estimate of drug-likeness (QED) is 0.537. The summed E-state index contributed by atoms with van der Waals surface area (Å²) in [5.41, 5.74) is 0.430. The van der Waals surface area contributed by atoms with Crippen LogP contribution in [0.25, 0.3) is 0 Å². The SMILES string of the molecule is CCNCCCNC(=O)c1ccc(F)c(S)c1. The van der Waals surface area contributed by atoms with Crippen LogP contribution >= 0.6 is 12.6 Å². The Hall–Kier alpha value is -1.07. The largest absolute Gasteiger partial charge is 0.352 e. The molecule has 0 aromatic heterocycles. The van der Waals surface area contributed by atoms with Crippen molar-refractivity contribution in [3.8, 4) is 0 Å². The molecule has 1 rings (SSSR count). The third-order valence-electron chi connectivity index (χ3n) is 2.27. The molecular formula is C12H17FN2OS. The molecule has 1 aromatic carbocycles. The van der Waals surface area contributed by atoms with Crippen LogP contribution in [-0.4, -0.2) is 25.5 Å². The molecule has 2 N–H and O–H groups in total. The molecular weight excluding hydrogens is 239 g/mol. The van der Waals surface area contributed by atoms with Gasteiger partial charge >= 0.3 is 0 Å². The molecule has 0 radical (unpaired) electrons. The van der Waals surface area contributed by atoms with Crippen molar-refractivity contribution in [1.29, 1.82) is 0 Å². The van der Waals surface area contributed by atoms with E-state index in [9.17, 15) is 9.18 Å². The molecule has 17 heavy (non-hydrogen) atoms. The van der Waals surface area contributed by atoms with Gasteiger partial charge in [0, 0.05) is 17.0 Å². The summed E-state index contributed by atoms with van der Waals surface area (Å²) >= 11 is 3.93. The zero-order chi connectivity index (χ0) is 12.7. The van der Waals surface area contributed by atoms with E-state index in [1.54, 1.807) is 0 Å². The second-order valence-corrected chi connectivity index (χ2v) is 4.11. The summed E-state index contributed by atoms with van der Waals surface area (Å²) in [6.07, 6.45) is 0.870. The van der Waals surface area contributed by atoms with Gasteiger partial charge in [0.15, 0.2) is 0 Å². The maximum absolute atomic E-state index is 12.9. The number of rotatable bonds is 6. The first-order valence-corrected chi connectivity index (χ1v) is 6.07. The van der Waals surface area contributed by atoms with Crippen molar-refractivity contribution in [2.45, 2.75) is 18.2 Å². The molecule has 0 saturated carbocycles. The van der Waals surface area contributed by atoms with Gasteiger partial charge in [-0.1, -0.05) is 6.92 Å². The average Bonchev–Trinajstić information content (AvgIpc) is 2.32. The molecule has 0 aliphatic heterocycles. The molecule has 0 bridgehead atoms. The summed E-state index contributed by atoms with van der Waals surface area (Å²) in [5, 5.41) is 5.93. The number of hydrogen-bond donors (Lipinski definition) is 3. The van der Waals surface area contributed by atoms with E-state index in [1.165, 1.54) is 18.2 Å². The molecule has 5 heteroatoms. The molecule has 1 amide bonds. The number of hydrogen-bond acceptors (Lipinski definition) is 3. The minimum Gasteiger partial charge on any atom is -0.352 e. The highest BCUT2D eigenvalue weighted by Crippen LogP contribution is 2.13. The Kier molecular flexibility index (Phi) is 6.00. The van der Waals surface area contributed by atoms with Gasteiger partial charge in [0.2, 0.25) is 0 Å². The highest BCUT2D eigenvalue weighted by Gasteiger charge is 2.07. The van der Waals surface area contributed by atoms with Crippen molar-refractivity contribution >= 4 is 18.5 Å². The predicted octanol–water partition coefficient (Wildman–Crippen LogP) is 1.84. The van der Waals surface area contributed by atoms with Crippen LogP contribution in [0.2, 0.25) is 0 Å². The Morgan fingerprint density at radius 3 is 2.82 bits per heavy atom. The van der Waals surface area contributed by atoms with Crippen molar-refractivity contribution < 1.29 is 9.18 Å². The first-order chi connectivity index (χ1) is 8.15. The highest BCUT2D eigenvalue weighted by atomic mass is 32.1. The normalized spacial score (nSPS) is 10.3. The first kappa shape index (κ1) is 14.0. The third-order valence-corrected chi connectivity index (χ3v) is 2.62. The van der Waals surface area contributed by atoms with Gasteiger partial charge in [-0.25, -0.2) is 4.39 Å². The molecule has 0 aliphatic carbocycles. The lowest BCUT2D eigenvalue weighted by molar-refractivity contribution is 0.0953. The van der Waals surface area contributed by atoms with Gasteiger partial charge in [-0.3, -0.25) is 4.79 Å². The number of benzene rings is 1. The fourth-order valence-corrected chi connectivity index (χ4v) is 1.56. The predicted molar refractivity (Wildman–Crippen MR) is 69.1 cm³/mol. The first-order valence-electron chi connectivity index (χ1n) is 5.62. The van der Waals surface area contributed by atoms with Crippen LogP contribution in [0, 0.1) is 5.82 Å². The van der Waals surface area contributed by atoms with Crippen molar-refractivity contribution in [1.82, 2.24) is 10.6 Å². The van der Waals surface area contributed by atoms with E-state index in [4.69, 9.17) is 0 Å². The topological polar surface area (TPSA) is 41.1 Å². The van der Waals surface area contributed by atoms with Gasteiger partial charge in [-0.05, 0) is 37.7 Å². The number of carbonyl (C=O) groups is 1. The van der Waals surface area contributed by atoms with Gasteiger partial charge in [-0.2, -0.15) is 0 Å². The zero-order valence-electron chi connectivity index (χ0n) is 9.79. The standard InChI is InChI=1S/C12H17FN2OS/c1-2-14-6-3-7-15-12(16)9-4-5-10(13)11(17)8-9/h4-5,8,14,17H,2-3,6-7H2,1H3,(H,15,16). The Morgan fingerprint density at radius 1 is 1.41 bits per heavy atom. The van der Waals surface area contributed by atoms with Crippen LogP contribution in [0.5, 0.6) is 0 Å². The average molecular weight is 256 g/mol. The number of thiol groups is 1. The van der Waals surface area contributed by atoms with Gasteiger partial charge in [-0.15, -0.1) is 12.6 Å². The molecule has 0 aliphatic rings. The fourth-order valence-electron chi connectivity index (χ4n) is 1.35. The second-order valence-electron chi connectivity index (χ2n) is 3.63. The van der Waals surface area contributed by atoms with Crippen molar-refractivity contribution in [3.63, 3.8) is 0 Å². The second kappa shape index (κ2) is 7.29. The molecule has 0 unspecified atom stereocenters. The van der Waals surface area contributed by atoms with Gasteiger partial charge in [0.1, 0.15) is 5.82 Å². The number of nitrogens with one attached hydrogen (secondary N) is 2. The van der Waals surface area contributed by atoms with E-state index in [-0.39, 0.29) is 10.8 Å². The summed E-state index contributed by atoms with van der Waals surface area (Å²) in [6, 6.07) is 4.13. The van der Waals surface area contributed by atoms with Crippen molar-refractivity contribution in [2.24, 2.45) is 0 Å². The minimum absolute atomic E-state index is 0.185. The summed E-state index contributed by atoms with van der Waals surface area (Å²) in [5.74, 6) is -0.617. The lowest BCUT2D eigenvalue weighted by Crippen LogP contribution is -2.27. The Labute approximate surface area is 106 Å². The van der Waals surface area contributed by atoms with Crippen molar-refractivity contribution in [2.75, 3.05) is 19.6 Å². The molecule has 0 spiro atoms. The van der Waals surface area contributed by atoms with Crippen molar-refractivity contribution in [3.05, 3.63) is 29.6 Å². The van der Waals surface area contributed by atoms with E-state index >= 15 is 0 Å². The third kappa shape index (κ3) is 4.75. The summed E-state index contributed by atoms with van der Waals surface area (Å²) in [6.45, 7) is 4.43. The lowest BCUT2D eigenvalue weighted by atomic mass is 10.2. The fraction of sp³-hybridized carbons (Fsp3) is 0.417. The van der Waals surface area contributed by atoms with E-state index in [2.05, 4.69) is 23.3 Å². The van der Waals surface area contributed by atoms with E-state index < -0.39 is 5.82 Å². The monoisotopic (exact) mass is 256 g/mol. The maximum atomic E-state index is 12.9. The Balaban J connectivity index is 2.39. The van der Waals surface area contributed by atoms with Gasteiger partial charge < -0.3 is 10.6 Å². The Morgan fingerprint density at radius 2 is 2.18 bits per heavy atom. The van der Waals surface area contributed by atoms with Crippen LogP contribution in [0.15, 0.2) is 23.1 Å². The van der Waals surface area contributed by atoms with E-state index in [0.29, 0.717) is 12.1 Å². The molecule has 1 aromatic rings. The highest BCUT2D eigenvalue weighted by molar-refractivity contribution is 7.80. The van der Waals surface area contributed by atoms with E-state index in [1.807, 2.05) is 6.92 Å². The molecule has 3 nitrogen and oxygen atoms in total. The number of halogens is 1. The molecule has 0 atom stereocenters. The van der Waals surface area contributed by atoms with Crippen LogP contribution in [-0.2, 0) is 0 Å². The molecule has 94 valence electrons. The Bertz CT molecular complexity index is 385. The lowest BCUT2D eigenvalue weighted by Gasteiger charge is -2.06. The smallest absolute Gasteiger partial charge is 0.251 e. The van der Waals surface area contributed by atoms with Crippen LogP contribution in [0.4, 0.5) is 4.39 Å².